The lowest BCUT2D eigenvalue weighted by atomic mass is 10.2. The quantitative estimate of drug-likeness (QED) is 0.649. The maximum Gasteiger partial charge on any atom is 0.171 e. The Labute approximate surface area is 110 Å². The van der Waals surface area contributed by atoms with Crippen molar-refractivity contribution in [1.82, 2.24) is 24.4 Å². The molecule has 17 heavy (non-hydrogen) atoms. The van der Waals surface area contributed by atoms with Gasteiger partial charge in [-0.2, -0.15) is 10.2 Å². The predicted octanol–water partition coefficient (Wildman–Crippen LogP) is 2.55. The second-order valence-electron chi connectivity index (χ2n) is 3.59. The van der Waals surface area contributed by atoms with Gasteiger partial charge in [0, 0.05) is 24.9 Å². The van der Waals surface area contributed by atoms with Crippen LogP contribution in [0.15, 0.2) is 29.1 Å². The van der Waals surface area contributed by atoms with Crippen LogP contribution in [-0.4, -0.2) is 24.4 Å². The van der Waals surface area contributed by atoms with Crippen molar-refractivity contribution in [1.29, 1.82) is 0 Å². The molecule has 5 nitrogen and oxygen atoms in total. The largest absolute Gasteiger partial charge is 0.275 e. The number of nitrogens with zero attached hydrogens (tertiary/aromatic N) is 5. The van der Waals surface area contributed by atoms with Gasteiger partial charge in [-0.3, -0.25) is 4.68 Å². The summed E-state index contributed by atoms with van der Waals surface area (Å²) in [5, 5.41) is 8.82. The van der Waals surface area contributed by atoms with Gasteiger partial charge < -0.3 is 0 Å². The van der Waals surface area contributed by atoms with Gasteiger partial charge in [-0.1, -0.05) is 11.6 Å². The van der Waals surface area contributed by atoms with Crippen LogP contribution in [0.25, 0.3) is 16.9 Å². The molecule has 0 aromatic carbocycles. The standard InChI is InChI=1S/C10H7BrClN5/c1-16-5-6(3-13-16)8-2-9(12)15-10-7(11)4-14-17(8)10/h2-5H,1H3. The highest BCUT2D eigenvalue weighted by Crippen LogP contribution is 2.25. The van der Waals surface area contributed by atoms with Crippen LogP contribution in [0, 0.1) is 0 Å². The van der Waals surface area contributed by atoms with Gasteiger partial charge in [0.25, 0.3) is 0 Å². The highest BCUT2D eigenvalue weighted by molar-refractivity contribution is 9.10. The normalized spacial score (nSPS) is 11.2. The van der Waals surface area contributed by atoms with E-state index in [1.807, 2.05) is 13.2 Å². The topological polar surface area (TPSA) is 48.0 Å². The van der Waals surface area contributed by atoms with E-state index in [0.717, 1.165) is 15.7 Å². The lowest BCUT2D eigenvalue weighted by molar-refractivity contribution is 0.768. The number of aryl methyl sites for hydroxylation is 1. The summed E-state index contributed by atoms with van der Waals surface area (Å²) in [6, 6.07) is 1.77. The van der Waals surface area contributed by atoms with Crippen molar-refractivity contribution in [3.8, 4) is 11.3 Å². The Morgan fingerprint density at radius 3 is 2.82 bits per heavy atom. The van der Waals surface area contributed by atoms with Crippen LogP contribution in [0.2, 0.25) is 5.15 Å². The summed E-state index contributed by atoms with van der Waals surface area (Å²) in [6.45, 7) is 0. The second-order valence-corrected chi connectivity index (χ2v) is 4.84. The molecule has 0 radical (unpaired) electrons. The number of fused-ring (bicyclic) bond motifs is 1. The number of rotatable bonds is 1. The van der Waals surface area contributed by atoms with Crippen LogP contribution < -0.4 is 0 Å². The van der Waals surface area contributed by atoms with Crippen molar-refractivity contribution >= 4 is 33.2 Å². The van der Waals surface area contributed by atoms with Gasteiger partial charge >= 0.3 is 0 Å². The monoisotopic (exact) mass is 311 g/mol. The van der Waals surface area contributed by atoms with Gasteiger partial charge in [-0.05, 0) is 15.9 Å². The molecule has 0 bridgehead atoms. The van der Waals surface area contributed by atoms with E-state index < -0.39 is 0 Å². The van der Waals surface area contributed by atoms with Crippen molar-refractivity contribution in [2.75, 3.05) is 0 Å². The molecule has 7 heteroatoms. The third-order valence-electron chi connectivity index (χ3n) is 2.40. The Balaban J connectivity index is 2.35. The third-order valence-corrected chi connectivity index (χ3v) is 3.15. The second kappa shape index (κ2) is 3.82. The lowest BCUT2D eigenvalue weighted by Gasteiger charge is -2.02. The van der Waals surface area contributed by atoms with Gasteiger partial charge in [0.2, 0.25) is 0 Å². The summed E-state index contributed by atoms with van der Waals surface area (Å²) < 4.78 is 4.27. The number of halogens is 2. The van der Waals surface area contributed by atoms with Crippen molar-refractivity contribution < 1.29 is 0 Å². The van der Waals surface area contributed by atoms with E-state index in [4.69, 9.17) is 11.6 Å². The zero-order valence-corrected chi connectivity index (χ0v) is 11.1. The molecule has 0 fully saturated rings. The molecule has 0 saturated heterocycles. The molecule has 0 aliphatic rings. The Hall–Kier alpha value is -1.40. The molecule has 0 N–H and O–H groups in total. The maximum atomic E-state index is 6.01. The first kappa shape index (κ1) is 10.7. The number of aromatic nitrogens is 5. The summed E-state index contributed by atoms with van der Waals surface area (Å²) in [7, 11) is 1.86. The fourth-order valence-corrected chi connectivity index (χ4v) is 2.20. The predicted molar refractivity (Wildman–Crippen MR) is 67.9 cm³/mol. The molecule has 0 aliphatic carbocycles. The molecule has 0 saturated carbocycles. The van der Waals surface area contributed by atoms with Gasteiger partial charge in [0.1, 0.15) is 5.15 Å². The smallest absolute Gasteiger partial charge is 0.171 e. The van der Waals surface area contributed by atoms with E-state index >= 15 is 0 Å². The first-order chi connectivity index (χ1) is 8.15. The molecular formula is C10H7BrClN5. The van der Waals surface area contributed by atoms with E-state index in [2.05, 4.69) is 31.1 Å². The molecule has 3 heterocycles. The van der Waals surface area contributed by atoms with Crippen molar-refractivity contribution in [3.05, 3.63) is 34.3 Å². The summed E-state index contributed by atoms with van der Waals surface area (Å²) in [6.07, 6.45) is 5.36. The summed E-state index contributed by atoms with van der Waals surface area (Å²) >= 11 is 9.40. The molecule has 0 amide bonds. The first-order valence-electron chi connectivity index (χ1n) is 4.84. The zero-order chi connectivity index (χ0) is 12.0. The van der Waals surface area contributed by atoms with Crippen LogP contribution >= 0.6 is 27.5 Å². The Bertz CT molecular complexity index is 702. The summed E-state index contributed by atoms with van der Waals surface area (Å²) in [4.78, 5) is 4.22. The minimum Gasteiger partial charge on any atom is -0.275 e. The molecular weight excluding hydrogens is 306 g/mol. The van der Waals surface area contributed by atoms with Crippen LogP contribution in [-0.2, 0) is 7.05 Å². The minimum atomic E-state index is 0.428. The van der Waals surface area contributed by atoms with Crippen molar-refractivity contribution in [2.45, 2.75) is 0 Å². The number of hydrogen-bond acceptors (Lipinski definition) is 3. The fraction of sp³-hybridized carbons (Fsp3) is 0.100. The van der Waals surface area contributed by atoms with Crippen LogP contribution in [0.1, 0.15) is 0 Å². The molecule has 3 aromatic heterocycles. The lowest BCUT2D eigenvalue weighted by Crippen LogP contribution is -1.95. The van der Waals surface area contributed by atoms with Gasteiger partial charge in [-0.25, -0.2) is 9.50 Å². The van der Waals surface area contributed by atoms with Crippen molar-refractivity contribution in [3.63, 3.8) is 0 Å². The molecule has 86 valence electrons. The molecule has 0 spiro atoms. The van der Waals surface area contributed by atoms with Crippen molar-refractivity contribution in [2.24, 2.45) is 7.05 Å². The Kier molecular flexibility index (Phi) is 2.41. The van der Waals surface area contributed by atoms with E-state index in [9.17, 15) is 0 Å². The van der Waals surface area contributed by atoms with Gasteiger partial charge in [0.05, 0.1) is 22.6 Å². The Morgan fingerprint density at radius 1 is 1.29 bits per heavy atom. The molecule has 0 atom stereocenters. The van der Waals surface area contributed by atoms with E-state index in [1.54, 1.807) is 27.7 Å². The first-order valence-corrected chi connectivity index (χ1v) is 6.01. The van der Waals surface area contributed by atoms with Gasteiger partial charge in [-0.15, -0.1) is 0 Å². The van der Waals surface area contributed by atoms with Crippen LogP contribution in [0.3, 0.4) is 0 Å². The van der Waals surface area contributed by atoms with Crippen LogP contribution in [0.4, 0.5) is 0 Å². The third kappa shape index (κ3) is 1.73. The zero-order valence-electron chi connectivity index (χ0n) is 8.80. The maximum absolute atomic E-state index is 6.01. The fourth-order valence-electron chi connectivity index (χ4n) is 1.67. The SMILES string of the molecule is Cn1cc(-c2cc(Cl)nc3c(Br)cnn23)cn1. The molecule has 3 aromatic rings. The highest BCUT2D eigenvalue weighted by atomic mass is 79.9. The summed E-state index contributed by atoms with van der Waals surface area (Å²) in [5.41, 5.74) is 2.49. The average molecular weight is 313 g/mol. The van der Waals surface area contributed by atoms with Crippen LogP contribution in [0.5, 0.6) is 0 Å². The van der Waals surface area contributed by atoms with Gasteiger partial charge in [0.15, 0.2) is 5.65 Å². The number of hydrogen-bond donors (Lipinski definition) is 0. The molecule has 3 rings (SSSR count). The minimum absolute atomic E-state index is 0.428. The highest BCUT2D eigenvalue weighted by Gasteiger charge is 2.11. The average Bonchev–Trinajstić information content (AvgIpc) is 2.86. The van der Waals surface area contributed by atoms with E-state index in [0.29, 0.717) is 10.8 Å². The van der Waals surface area contributed by atoms with E-state index in [-0.39, 0.29) is 0 Å². The molecule has 0 aliphatic heterocycles. The van der Waals surface area contributed by atoms with E-state index in [1.165, 1.54) is 0 Å². The Morgan fingerprint density at radius 2 is 2.12 bits per heavy atom. The summed E-state index contributed by atoms with van der Waals surface area (Å²) in [5.74, 6) is 0. The molecule has 0 unspecified atom stereocenters.